The Hall–Kier alpha value is -2.82. The molecule has 2 aromatic rings. The normalized spacial score (nSPS) is 10.1. The number of esters is 1. The van der Waals surface area contributed by atoms with Gasteiger partial charge < -0.3 is 15.2 Å². The maximum Gasteiger partial charge on any atom is 0.342 e. The summed E-state index contributed by atoms with van der Waals surface area (Å²) in [5, 5.41) is 12.3. The van der Waals surface area contributed by atoms with E-state index >= 15 is 0 Å². The third-order valence-corrected chi connectivity index (χ3v) is 3.01. The zero-order chi connectivity index (χ0) is 16.1. The van der Waals surface area contributed by atoms with Crippen molar-refractivity contribution in [2.45, 2.75) is 13.8 Å². The smallest absolute Gasteiger partial charge is 0.342 e. The van der Waals surface area contributed by atoms with E-state index < -0.39 is 18.5 Å². The molecule has 2 N–H and O–H groups in total. The van der Waals surface area contributed by atoms with Crippen molar-refractivity contribution in [1.82, 2.24) is 0 Å². The summed E-state index contributed by atoms with van der Waals surface area (Å²) < 4.78 is 4.92. The number of phenols is 1. The van der Waals surface area contributed by atoms with Gasteiger partial charge in [0.05, 0.1) is 0 Å². The molecule has 114 valence electrons. The molecule has 5 heteroatoms. The van der Waals surface area contributed by atoms with Crippen LogP contribution in [-0.2, 0) is 9.53 Å². The molecule has 0 spiro atoms. The molecule has 0 aromatic heterocycles. The maximum atomic E-state index is 11.9. The minimum Gasteiger partial charge on any atom is -0.507 e. The Morgan fingerprint density at radius 2 is 1.82 bits per heavy atom. The fourth-order valence-corrected chi connectivity index (χ4v) is 1.94. The third kappa shape index (κ3) is 4.09. The second-order valence-corrected chi connectivity index (χ2v) is 5.01. The highest BCUT2D eigenvalue weighted by atomic mass is 16.5. The standard InChI is InChI=1S/C17H17NO4/c1-11-4-3-5-13(8-11)18-16(20)10-22-17(21)14-9-12(2)6-7-15(14)19/h3-9,19H,10H2,1-2H3,(H,18,20). The molecule has 0 unspecified atom stereocenters. The molecule has 0 fully saturated rings. The Bertz CT molecular complexity index is 710. The first kappa shape index (κ1) is 15.6. The van der Waals surface area contributed by atoms with E-state index in [1.54, 1.807) is 19.1 Å². The summed E-state index contributed by atoms with van der Waals surface area (Å²) >= 11 is 0. The second kappa shape index (κ2) is 6.76. The number of carbonyl (C=O) groups excluding carboxylic acids is 2. The molecule has 0 bridgehead atoms. The third-order valence-electron chi connectivity index (χ3n) is 3.01. The van der Waals surface area contributed by atoms with Crippen molar-refractivity contribution < 1.29 is 19.4 Å². The average Bonchev–Trinajstić information content (AvgIpc) is 2.47. The Labute approximate surface area is 128 Å². The number of nitrogens with one attached hydrogen (secondary N) is 1. The number of phenolic OH excluding ortho intramolecular Hbond substituents is 1. The van der Waals surface area contributed by atoms with Crippen molar-refractivity contribution in [2.75, 3.05) is 11.9 Å². The lowest BCUT2D eigenvalue weighted by molar-refractivity contribution is -0.119. The van der Waals surface area contributed by atoms with Gasteiger partial charge in [0.1, 0.15) is 11.3 Å². The van der Waals surface area contributed by atoms with Gasteiger partial charge in [-0.3, -0.25) is 4.79 Å². The van der Waals surface area contributed by atoms with Crippen LogP contribution in [0.1, 0.15) is 21.5 Å². The summed E-state index contributed by atoms with van der Waals surface area (Å²) in [7, 11) is 0. The molecule has 2 rings (SSSR count). The number of aryl methyl sites for hydroxylation is 2. The van der Waals surface area contributed by atoms with Crippen molar-refractivity contribution in [3.8, 4) is 5.75 Å². The van der Waals surface area contributed by atoms with Crippen LogP contribution in [0.2, 0.25) is 0 Å². The summed E-state index contributed by atoms with van der Waals surface area (Å²) in [6.45, 7) is 3.29. The van der Waals surface area contributed by atoms with E-state index in [-0.39, 0.29) is 11.3 Å². The highest BCUT2D eigenvalue weighted by Crippen LogP contribution is 2.19. The molecular formula is C17H17NO4. The minimum atomic E-state index is -0.736. The number of hydrogen-bond acceptors (Lipinski definition) is 4. The van der Waals surface area contributed by atoms with E-state index in [4.69, 9.17) is 4.74 Å². The number of benzene rings is 2. The van der Waals surface area contributed by atoms with Gasteiger partial charge in [0.15, 0.2) is 6.61 Å². The van der Waals surface area contributed by atoms with E-state index in [2.05, 4.69) is 5.32 Å². The van der Waals surface area contributed by atoms with Crippen LogP contribution in [0.4, 0.5) is 5.69 Å². The van der Waals surface area contributed by atoms with Crippen LogP contribution >= 0.6 is 0 Å². The summed E-state index contributed by atoms with van der Waals surface area (Å²) in [4.78, 5) is 23.6. The van der Waals surface area contributed by atoms with Gasteiger partial charge in [0.25, 0.3) is 5.91 Å². The van der Waals surface area contributed by atoms with Crippen LogP contribution in [0.15, 0.2) is 42.5 Å². The fourth-order valence-electron chi connectivity index (χ4n) is 1.94. The molecule has 0 aliphatic carbocycles. The summed E-state index contributed by atoms with van der Waals surface area (Å²) in [5.41, 5.74) is 2.51. The Morgan fingerprint density at radius 3 is 2.55 bits per heavy atom. The van der Waals surface area contributed by atoms with E-state index in [1.807, 2.05) is 25.1 Å². The van der Waals surface area contributed by atoms with E-state index in [0.29, 0.717) is 5.69 Å². The number of anilines is 1. The molecule has 0 atom stereocenters. The number of carbonyl (C=O) groups is 2. The average molecular weight is 299 g/mol. The second-order valence-electron chi connectivity index (χ2n) is 5.01. The molecule has 2 aromatic carbocycles. The van der Waals surface area contributed by atoms with Crippen molar-refractivity contribution in [1.29, 1.82) is 0 Å². The summed E-state index contributed by atoms with van der Waals surface area (Å²) in [6.07, 6.45) is 0. The molecule has 0 saturated heterocycles. The maximum absolute atomic E-state index is 11.9. The number of amides is 1. The van der Waals surface area contributed by atoms with Crippen molar-refractivity contribution in [2.24, 2.45) is 0 Å². The van der Waals surface area contributed by atoms with E-state index in [0.717, 1.165) is 11.1 Å². The molecule has 0 radical (unpaired) electrons. The predicted molar refractivity (Wildman–Crippen MR) is 82.9 cm³/mol. The quantitative estimate of drug-likeness (QED) is 0.851. The molecular weight excluding hydrogens is 282 g/mol. The van der Waals surface area contributed by atoms with Gasteiger partial charge in [0, 0.05) is 5.69 Å². The molecule has 22 heavy (non-hydrogen) atoms. The van der Waals surface area contributed by atoms with Crippen LogP contribution < -0.4 is 5.32 Å². The Kier molecular flexibility index (Phi) is 4.78. The van der Waals surface area contributed by atoms with Gasteiger partial charge >= 0.3 is 5.97 Å². The minimum absolute atomic E-state index is 0.0448. The SMILES string of the molecule is Cc1cccc(NC(=O)COC(=O)c2cc(C)ccc2O)c1. The molecule has 5 nitrogen and oxygen atoms in total. The largest absolute Gasteiger partial charge is 0.507 e. The zero-order valence-corrected chi connectivity index (χ0v) is 12.4. The first-order chi connectivity index (χ1) is 10.5. The van der Waals surface area contributed by atoms with Crippen LogP contribution in [0.5, 0.6) is 5.75 Å². The number of ether oxygens (including phenoxy) is 1. The van der Waals surface area contributed by atoms with E-state index in [9.17, 15) is 14.7 Å². The number of rotatable bonds is 4. The Balaban J connectivity index is 1.93. The highest BCUT2D eigenvalue weighted by molar-refractivity contribution is 5.96. The van der Waals surface area contributed by atoms with Gasteiger partial charge in [-0.1, -0.05) is 23.8 Å². The summed E-state index contributed by atoms with van der Waals surface area (Å²) in [5.74, 6) is -1.35. The Morgan fingerprint density at radius 1 is 1.09 bits per heavy atom. The van der Waals surface area contributed by atoms with Crippen LogP contribution in [0.3, 0.4) is 0 Å². The molecule has 0 saturated carbocycles. The molecule has 1 amide bonds. The van der Waals surface area contributed by atoms with Gasteiger partial charge in [-0.25, -0.2) is 4.79 Å². The first-order valence-corrected chi connectivity index (χ1v) is 6.79. The van der Waals surface area contributed by atoms with Crippen LogP contribution in [0.25, 0.3) is 0 Å². The van der Waals surface area contributed by atoms with Crippen molar-refractivity contribution in [3.05, 3.63) is 59.2 Å². The predicted octanol–water partition coefficient (Wildman–Crippen LogP) is 2.80. The zero-order valence-electron chi connectivity index (χ0n) is 12.4. The lowest BCUT2D eigenvalue weighted by Crippen LogP contribution is -2.21. The lowest BCUT2D eigenvalue weighted by Gasteiger charge is -2.08. The van der Waals surface area contributed by atoms with E-state index in [1.165, 1.54) is 12.1 Å². The van der Waals surface area contributed by atoms with Gasteiger partial charge in [-0.05, 0) is 43.7 Å². The highest BCUT2D eigenvalue weighted by Gasteiger charge is 2.14. The van der Waals surface area contributed by atoms with Crippen molar-refractivity contribution in [3.63, 3.8) is 0 Å². The fraction of sp³-hybridized carbons (Fsp3) is 0.176. The van der Waals surface area contributed by atoms with Gasteiger partial charge in [0.2, 0.25) is 0 Å². The van der Waals surface area contributed by atoms with Crippen LogP contribution in [-0.4, -0.2) is 23.6 Å². The first-order valence-electron chi connectivity index (χ1n) is 6.79. The number of aromatic hydroxyl groups is 1. The molecule has 0 heterocycles. The van der Waals surface area contributed by atoms with Gasteiger partial charge in [-0.2, -0.15) is 0 Å². The van der Waals surface area contributed by atoms with Crippen LogP contribution in [0, 0.1) is 13.8 Å². The molecule has 0 aliphatic rings. The molecule has 0 aliphatic heterocycles. The number of hydrogen-bond donors (Lipinski definition) is 2. The topological polar surface area (TPSA) is 75.6 Å². The lowest BCUT2D eigenvalue weighted by atomic mass is 10.1. The monoisotopic (exact) mass is 299 g/mol. The summed E-state index contributed by atoms with van der Waals surface area (Å²) in [6, 6.07) is 11.9. The van der Waals surface area contributed by atoms with Crippen molar-refractivity contribution >= 4 is 17.6 Å². The van der Waals surface area contributed by atoms with Gasteiger partial charge in [-0.15, -0.1) is 0 Å².